The van der Waals surface area contributed by atoms with Gasteiger partial charge in [-0.1, -0.05) is 29.8 Å². The highest BCUT2D eigenvalue weighted by atomic mass is 15.3. The van der Waals surface area contributed by atoms with E-state index in [1.54, 1.807) is 0 Å². The normalized spacial score (nSPS) is 25.8. The first-order valence-corrected chi connectivity index (χ1v) is 7.53. The molecule has 1 aromatic carbocycles. The number of likely N-dealkylation sites (tertiary alicyclic amines) is 1. The van der Waals surface area contributed by atoms with Crippen molar-refractivity contribution in [1.82, 2.24) is 15.1 Å². The van der Waals surface area contributed by atoms with Crippen LogP contribution in [0.1, 0.15) is 23.5 Å². The summed E-state index contributed by atoms with van der Waals surface area (Å²) < 4.78 is 0. The zero-order valence-corrected chi connectivity index (χ0v) is 11.9. The van der Waals surface area contributed by atoms with Crippen LogP contribution in [0.2, 0.25) is 0 Å². The van der Waals surface area contributed by atoms with E-state index in [1.807, 2.05) is 0 Å². The molecule has 19 heavy (non-hydrogen) atoms. The summed E-state index contributed by atoms with van der Waals surface area (Å²) in [6.45, 7) is 10.5. The topological polar surface area (TPSA) is 18.5 Å². The van der Waals surface area contributed by atoms with Crippen molar-refractivity contribution in [1.29, 1.82) is 0 Å². The molecule has 3 heteroatoms. The van der Waals surface area contributed by atoms with E-state index in [1.165, 1.54) is 43.7 Å². The first-order chi connectivity index (χ1) is 9.31. The average Bonchev–Trinajstić information content (AvgIpc) is 2.89. The Kier molecular flexibility index (Phi) is 4.16. The number of nitrogens with one attached hydrogen (secondary N) is 1. The van der Waals surface area contributed by atoms with Crippen LogP contribution in [0.5, 0.6) is 0 Å². The lowest BCUT2D eigenvalue weighted by molar-refractivity contribution is 0.138. The molecule has 0 saturated carbocycles. The highest BCUT2D eigenvalue weighted by Gasteiger charge is 2.25. The second-order valence-corrected chi connectivity index (χ2v) is 5.98. The van der Waals surface area contributed by atoms with Gasteiger partial charge in [-0.25, -0.2) is 0 Å². The van der Waals surface area contributed by atoms with Gasteiger partial charge in [-0.15, -0.1) is 0 Å². The Balaban J connectivity index is 1.53. The molecule has 0 radical (unpaired) electrons. The maximum absolute atomic E-state index is 3.42. The molecule has 2 aliphatic rings. The molecule has 0 aliphatic carbocycles. The molecule has 2 heterocycles. The highest BCUT2D eigenvalue weighted by molar-refractivity contribution is 5.25. The Morgan fingerprint density at radius 2 is 1.79 bits per heavy atom. The molecule has 1 N–H and O–H groups in total. The van der Waals surface area contributed by atoms with Crippen LogP contribution in [0, 0.1) is 6.92 Å². The van der Waals surface area contributed by atoms with Crippen molar-refractivity contribution >= 4 is 0 Å². The molecule has 2 aliphatic heterocycles. The third-order valence-electron chi connectivity index (χ3n) is 4.43. The van der Waals surface area contributed by atoms with Gasteiger partial charge in [0, 0.05) is 39.3 Å². The molecule has 2 fully saturated rings. The van der Waals surface area contributed by atoms with Crippen molar-refractivity contribution in [2.45, 2.75) is 19.3 Å². The van der Waals surface area contributed by atoms with Crippen LogP contribution in [0.15, 0.2) is 24.3 Å². The molecule has 0 spiro atoms. The van der Waals surface area contributed by atoms with Crippen molar-refractivity contribution in [2.24, 2.45) is 0 Å². The van der Waals surface area contributed by atoms with E-state index >= 15 is 0 Å². The van der Waals surface area contributed by atoms with E-state index in [9.17, 15) is 0 Å². The molecule has 1 aromatic rings. The summed E-state index contributed by atoms with van der Waals surface area (Å²) in [7, 11) is 0. The highest BCUT2D eigenvalue weighted by Crippen LogP contribution is 2.27. The average molecular weight is 259 g/mol. The molecule has 0 aromatic heterocycles. The van der Waals surface area contributed by atoms with Crippen LogP contribution < -0.4 is 5.32 Å². The van der Waals surface area contributed by atoms with Crippen LogP contribution in [0.3, 0.4) is 0 Å². The van der Waals surface area contributed by atoms with Crippen molar-refractivity contribution < 1.29 is 0 Å². The summed E-state index contributed by atoms with van der Waals surface area (Å²) in [5.41, 5.74) is 2.88. The SMILES string of the molecule is Cc1ccc(C2CCN(CN3CCNCC3)C2)cc1. The number of benzene rings is 1. The number of hydrogen-bond acceptors (Lipinski definition) is 3. The minimum atomic E-state index is 0.739. The van der Waals surface area contributed by atoms with Crippen LogP contribution in [-0.4, -0.2) is 55.7 Å². The third-order valence-corrected chi connectivity index (χ3v) is 4.43. The molecule has 2 saturated heterocycles. The van der Waals surface area contributed by atoms with Crippen molar-refractivity contribution in [3.05, 3.63) is 35.4 Å². The number of nitrogens with zero attached hydrogens (tertiary/aromatic N) is 2. The van der Waals surface area contributed by atoms with Gasteiger partial charge < -0.3 is 5.32 Å². The fraction of sp³-hybridized carbons (Fsp3) is 0.625. The van der Waals surface area contributed by atoms with Crippen molar-refractivity contribution in [3.8, 4) is 0 Å². The van der Waals surface area contributed by atoms with E-state index in [-0.39, 0.29) is 0 Å². The molecular formula is C16H25N3. The summed E-state index contributed by atoms with van der Waals surface area (Å²) in [5.74, 6) is 0.739. The first kappa shape index (κ1) is 13.1. The molecule has 3 nitrogen and oxygen atoms in total. The quantitative estimate of drug-likeness (QED) is 0.890. The maximum Gasteiger partial charge on any atom is 0.0507 e. The summed E-state index contributed by atoms with van der Waals surface area (Å²) in [5, 5.41) is 3.42. The van der Waals surface area contributed by atoms with Gasteiger partial charge in [0.25, 0.3) is 0 Å². The van der Waals surface area contributed by atoms with Gasteiger partial charge in [0.1, 0.15) is 0 Å². The summed E-state index contributed by atoms with van der Waals surface area (Å²) >= 11 is 0. The Morgan fingerprint density at radius 1 is 1.05 bits per heavy atom. The molecular weight excluding hydrogens is 234 g/mol. The van der Waals surface area contributed by atoms with E-state index < -0.39 is 0 Å². The van der Waals surface area contributed by atoms with Crippen LogP contribution in [0.4, 0.5) is 0 Å². The summed E-state index contributed by atoms with van der Waals surface area (Å²) in [4.78, 5) is 5.20. The predicted octanol–water partition coefficient (Wildman–Crippen LogP) is 1.65. The van der Waals surface area contributed by atoms with Crippen LogP contribution in [0.25, 0.3) is 0 Å². The molecule has 3 rings (SSSR count). The predicted molar refractivity (Wildman–Crippen MR) is 79.4 cm³/mol. The minimum Gasteiger partial charge on any atom is -0.314 e. The second-order valence-electron chi connectivity index (χ2n) is 5.98. The van der Waals surface area contributed by atoms with Gasteiger partial charge in [0.05, 0.1) is 6.67 Å². The Labute approximate surface area is 116 Å². The lowest BCUT2D eigenvalue weighted by atomic mass is 9.98. The van der Waals surface area contributed by atoms with E-state index in [0.29, 0.717) is 0 Å². The molecule has 1 unspecified atom stereocenters. The monoisotopic (exact) mass is 259 g/mol. The van der Waals surface area contributed by atoms with Crippen LogP contribution in [-0.2, 0) is 0 Å². The van der Waals surface area contributed by atoms with Gasteiger partial charge in [-0.05, 0) is 24.8 Å². The van der Waals surface area contributed by atoms with E-state index in [0.717, 1.165) is 25.7 Å². The fourth-order valence-corrected chi connectivity index (χ4v) is 3.21. The first-order valence-electron chi connectivity index (χ1n) is 7.53. The fourth-order valence-electron chi connectivity index (χ4n) is 3.21. The molecule has 1 atom stereocenters. The minimum absolute atomic E-state index is 0.739. The smallest absolute Gasteiger partial charge is 0.0507 e. The second kappa shape index (κ2) is 6.04. The number of piperazine rings is 1. The largest absolute Gasteiger partial charge is 0.314 e. The van der Waals surface area contributed by atoms with Crippen LogP contribution >= 0.6 is 0 Å². The summed E-state index contributed by atoms with van der Waals surface area (Å²) in [6, 6.07) is 9.12. The van der Waals surface area contributed by atoms with Gasteiger partial charge in [0.2, 0.25) is 0 Å². The Hall–Kier alpha value is -0.900. The zero-order valence-electron chi connectivity index (χ0n) is 11.9. The standard InChI is InChI=1S/C16H25N3/c1-14-2-4-15(5-3-14)16-6-9-19(12-16)13-18-10-7-17-8-11-18/h2-5,16-17H,6-13H2,1H3. The van der Waals surface area contributed by atoms with Gasteiger partial charge in [-0.3, -0.25) is 9.80 Å². The maximum atomic E-state index is 3.42. The lowest BCUT2D eigenvalue weighted by Gasteiger charge is -2.31. The number of hydrogen-bond donors (Lipinski definition) is 1. The van der Waals surface area contributed by atoms with Crippen molar-refractivity contribution in [3.63, 3.8) is 0 Å². The lowest BCUT2D eigenvalue weighted by Crippen LogP contribution is -2.47. The van der Waals surface area contributed by atoms with E-state index in [2.05, 4.69) is 46.3 Å². The number of aryl methyl sites for hydroxylation is 1. The Bertz CT molecular complexity index is 395. The Morgan fingerprint density at radius 3 is 2.53 bits per heavy atom. The third kappa shape index (κ3) is 3.35. The molecule has 0 amide bonds. The van der Waals surface area contributed by atoms with Crippen molar-refractivity contribution in [2.75, 3.05) is 45.9 Å². The van der Waals surface area contributed by atoms with Gasteiger partial charge in [-0.2, -0.15) is 0 Å². The van der Waals surface area contributed by atoms with Gasteiger partial charge >= 0.3 is 0 Å². The van der Waals surface area contributed by atoms with Gasteiger partial charge in [0.15, 0.2) is 0 Å². The van der Waals surface area contributed by atoms with E-state index in [4.69, 9.17) is 0 Å². The number of rotatable bonds is 3. The summed E-state index contributed by atoms with van der Waals surface area (Å²) in [6.07, 6.45) is 1.31. The molecule has 104 valence electrons. The zero-order chi connectivity index (χ0) is 13.1. The molecule has 0 bridgehead atoms.